The fourth-order valence-electron chi connectivity index (χ4n) is 2.45. The highest BCUT2D eigenvalue weighted by atomic mass is 32.2. The van der Waals surface area contributed by atoms with E-state index < -0.39 is 0 Å². The van der Waals surface area contributed by atoms with Crippen LogP contribution in [0, 0.1) is 0 Å². The van der Waals surface area contributed by atoms with Crippen LogP contribution in [0.2, 0.25) is 0 Å². The quantitative estimate of drug-likeness (QED) is 0.484. The number of pyridine rings is 1. The Hall–Kier alpha value is -1.72. The van der Waals surface area contributed by atoms with Gasteiger partial charge < -0.3 is 4.57 Å². The van der Waals surface area contributed by atoms with E-state index in [1.54, 1.807) is 18.0 Å². The lowest BCUT2D eigenvalue weighted by Crippen LogP contribution is -1.95. The molecule has 0 fully saturated rings. The maximum Gasteiger partial charge on any atom is 0.168 e. The second kappa shape index (κ2) is 7.70. The summed E-state index contributed by atoms with van der Waals surface area (Å²) >= 11 is 3.67. The fraction of sp³-hybridized carbons (Fsp3) is 0.222. The number of thioether (sulfide) groups is 2. The van der Waals surface area contributed by atoms with Gasteiger partial charge in [-0.25, -0.2) is 4.98 Å². The minimum atomic E-state index is 0.999. The molecule has 0 aliphatic rings. The van der Waals surface area contributed by atoms with E-state index in [9.17, 15) is 0 Å². The predicted molar refractivity (Wildman–Crippen MR) is 101 cm³/mol. The smallest absolute Gasteiger partial charge is 0.168 e. The van der Waals surface area contributed by atoms with Crippen molar-refractivity contribution >= 4 is 23.5 Å². The molecule has 0 unspecified atom stereocenters. The molecule has 118 valence electrons. The number of benzene rings is 1. The monoisotopic (exact) mass is 341 g/mol. The maximum atomic E-state index is 4.90. The van der Waals surface area contributed by atoms with Gasteiger partial charge in [0.15, 0.2) is 5.16 Å². The lowest BCUT2D eigenvalue weighted by molar-refractivity contribution is 0.797. The molecule has 0 aliphatic heterocycles. The van der Waals surface area contributed by atoms with E-state index in [4.69, 9.17) is 4.98 Å². The molecular weight excluding hydrogens is 322 g/mol. The molecule has 0 atom stereocenters. The Balaban J connectivity index is 2.08. The van der Waals surface area contributed by atoms with E-state index in [2.05, 4.69) is 53.2 Å². The minimum Gasteiger partial charge on any atom is -0.322 e. The number of imidazole rings is 1. The summed E-state index contributed by atoms with van der Waals surface area (Å²) in [5.41, 5.74) is 4.38. The summed E-state index contributed by atoms with van der Waals surface area (Å²) in [7, 11) is 2.09. The number of aromatic nitrogens is 3. The molecule has 0 aliphatic carbocycles. The lowest BCUT2D eigenvalue weighted by atomic mass is 10.1. The summed E-state index contributed by atoms with van der Waals surface area (Å²) in [6, 6.07) is 14.5. The molecule has 2 aromatic heterocycles. The Morgan fingerprint density at radius 2 is 1.78 bits per heavy atom. The molecule has 0 saturated heterocycles. The average molecular weight is 342 g/mol. The van der Waals surface area contributed by atoms with Gasteiger partial charge in [-0.2, -0.15) is 11.8 Å². The predicted octanol–water partition coefficient (Wildman–Crippen LogP) is 4.60. The number of rotatable bonds is 6. The van der Waals surface area contributed by atoms with Gasteiger partial charge in [0.25, 0.3) is 0 Å². The third kappa shape index (κ3) is 3.62. The molecule has 3 aromatic rings. The molecule has 1 aromatic carbocycles. The van der Waals surface area contributed by atoms with E-state index >= 15 is 0 Å². The Kier molecular flexibility index (Phi) is 5.41. The summed E-state index contributed by atoms with van der Waals surface area (Å²) in [6.45, 7) is 0. The first-order valence-corrected chi connectivity index (χ1v) is 9.83. The third-order valence-electron chi connectivity index (χ3n) is 3.55. The van der Waals surface area contributed by atoms with Crippen molar-refractivity contribution in [1.82, 2.24) is 14.5 Å². The first-order valence-electron chi connectivity index (χ1n) is 7.45. The summed E-state index contributed by atoms with van der Waals surface area (Å²) in [5.74, 6) is 2.19. The van der Waals surface area contributed by atoms with Crippen molar-refractivity contribution in [2.45, 2.75) is 5.16 Å². The van der Waals surface area contributed by atoms with E-state index in [1.807, 2.05) is 30.1 Å². The molecule has 3 nitrogen and oxygen atoms in total. The minimum absolute atomic E-state index is 0.999. The second-order valence-corrected chi connectivity index (χ2v) is 7.15. The number of nitrogens with zero attached hydrogens (tertiary/aromatic N) is 3. The van der Waals surface area contributed by atoms with Gasteiger partial charge in [0.05, 0.1) is 11.4 Å². The summed E-state index contributed by atoms with van der Waals surface area (Å²) in [4.78, 5) is 9.16. The molecule has 0 radical (unpaired) electrons. The highest BCUT2D eigenvalue weighted by Gasteiger charge is 2.18. The van der Waals surface area contributed by atoms with Gasteiger partial charge >= 0.3 is 0 Å². The standard InChI is InChI=1S/C18H19N3S2/c1-21-17(14-7-4-3-5-8-14)16(15-9-6-10-19-13-15)20-18(21)23-12-11-22-2/h3-10,13H,11-12H2,1-2H3. The van der Waals surface area contributed by atoms with Crippen LogP contribution in [0.15, 0.2) is 60.0 Å². The molecule has 5 heteroatoms. The van der Waals surface area contributed by atoms with Crippen LogP contribution in [0.1, 0.15) is 0 Å². The second-order valence-electron chi connectivity index (χ2n) is 5.10. The van der Waals surface area contributed by atoms with Gasteiger partial charge in [0.1, 0.15) is 0 Å². The van der Waals surface area contributed by atoms with Crippen LogP contribution in [0.3, 0.4) is 0 Å². The van der Waals surface area contributed by atoms with Crippen LogP contribution < -0.4 is 0 Å². The van der Waals surface area contributed by atoms with Crippen molar-refractivity contribution < 1.29 is 0 Å². The fourth-order valence-corrected chi connectivity index (χ4v) is 4.08. The zero-order valence-corrected chi connectivity index (χ0v) is 14.9. The first-order chi connectivity index (χ1) is 11.3. The average Bonchev–Trinajstić information content (AvgIpc) is 2.93. The van der Waals surface area contributed by atoms with Crippen molar-refractivity contribution in [2.24, 2.45) is 7.05 Å². The van der Waals surface area contributed by atoms with Crippen molar-refractivity contribution in [3.8, 4) is 22.5 Å². The summed E-state index contributed by atoms with van der Waals surface area (Å²) in [6.07, 6.45) is 5.81. The zero-order valence-electron chi connectivity index (χ0n) is 13.3. The van der Waals surface area contributed by atoms with Gasteiger partial charge in [-0.3, -0.25) is 4.98 Å². The Morgan fingerprint density at radius 1 is 1.00 bits per heavy atom. The normalized spacial score (nSPS) is 10.9. The van der Waals surface area contributed by atoms with Crippen molar-refractivity contribution in [1.29, 1.82) is 0 Å². The third-order valence-corrected chi connectivity index (χ3v) is 5.46. The topological polar surface area (TPSA) is 30.7 Å². The van der Waals surface area contributed by atoms with Crippen LogP contribution in [0.4, 0.5) is 0 Å². The van der Waals surface area contributed by atoms with Crippen LogP contribution in [-0.2, 0) is 7.05 Å². The SMILES string of the molecule is CSCCSc1nc(-c2cccnc2)c(-c2ccccc2)n1C. The number of hydrogen-bond acceptors (Lipinski definition) is 4. The molecule has 0 bridgehead atoms. The highest BCUT2D eigenvalue weighted by Crippen LogP contribution is 2.34. The summed E-state index contributed by atoms with van der Waals surface area (Å²) in [5, 5.41) is 1.05. The van der Waals surface area contributed by atoms with Gasteiger partial charge in [-0.05, 0) is 18.4 Å². The highest BCUT2D eigenvalue weighted by molar-refractivity contribution is 8.02. The number of hydrogen-bond donors (Lipinski definition) is 0. The van der Waals surface area contributed by atoms with Crippen LogP contribution >= 0.6 is 23.5 Å². The largest absolute Gasteiger partial charge is 0.322 e. The van der Waals surface area contributed by atoms with E-state index in [1.165, 1.54) is 5.56 Å². The molecule has 0 saturated carbocycles. The lowest BCUT2D eigenvalue weighted by Gasteiger charge is -2.07. The van der Waals surface area contributed by atoms with E-state index in [-0.39, 0.29) is 0 Å². The Labute approximate surface area is 145 Å². The van der Waals surface area contributed by atoms with Gasteiger partial charge in [-0.1, -0.05) is 42.1 Å². The molecule has 3 rings (SSSR count). The molecule has 0 amide bonds. The van der Waals surface area contributed by atoms with Crippen LogP contribution in [0.25, 0.3) is 22.5 Å². The van der Waals surface area contributed by atoms with E-state index in [0.717, 1.165) is 33.6 Å². The zero-order chi connectivity index (χ0) is 16.1. The van der Waals surface area contributed by atoms with Gasteiger partial charge in [0, 0.05) is 42.1 Å². The van der Waals surface area contributed by atoms with Crippen molar-refractivity contribution in [2.75, 3.05) is 17.8 Å². The summed E-state index contributed by atoms with van der Waals surface area (Å²) < 4.78 is 2.20. The molecule has 0 N–H and O–H groups in total. The van der Waals surface area contributed by atoms with Gasteiger partial charge in [-0.15, -0.1) is 0 Å². The van der Waals surface area contributed by atoms with Gasteiger partial charge in [0.2, 0.25) is 0 Å². The maximum absolute atomic E-state index is 4.90. The van der Waals surface area contributed by atoms with Crippen molar-refractivity contribution in [3.05, 3.63) is 54.9 Å². The Morgan fingerprint density at radius 3 is 2.48 bits per heavy atom. The molecule has 2 heterocycles. The Bertz CT molecular complexity index is 755. The molecule has 23 heavy (non-hydrogen) atoms. The van der Waals surface area contributed by atoms with Crippen LogP contribution in [0.5, 0.6) is 0 Å². The van der Waals surface area contributed by atoms with Crippen LogP contribution in [-0.4, -0.2) is 32.3 Å². The first kappa shape index (κ1) is 16.1. The van der Waals surface area contributed by atoms with Crippen molar-refractivity contribution in [3.63, 3.8) is 0 Å². The molecular formula is C18H19N3S2. The molecule has 0 spiro atoms. The van der Waals surface area contributed by atoms with E-state index in [0.29, 0.717) is 0 Å².